The summed E-state index contributed by atoms with van der Waals surface area (Å²) in [6, 6.07) is 15.1. The Hall–Kier alpha value is -2.40. The highest BCUT2D eigenvalue weighted by molar-refractivity contribution is 5.83. The number of nitrogens with zero attached hydrogens (tertiary/aromatic N) is 1. The van der Waals surface area contributed by atoms with Crippen LogP contribution in [0.1, 0.15) is 11.6 Å². The van der Waals surface area contributed by atoms with Gasteiger partial charge in [-0.25, -0.2) is 4.39 Å². The fourth-order valence-electron chi connectivity index (χ4n) is 2.29. The molecule has 122 valence electrons. The molecule has 0 aromatic heterocycles. The monoisotopic (exact) mass is 316 g/mol. The molecule has 2 rings (SSSR count). The van der Waals surface area contributed by atoms with Gasteiger partial charge in [0.1, 0.15) is 24.2 Å². The standard InChI is InChI=1S/C18H21FN2O2/c1-21(2)17(14-6-4-3-5-7-14)18(22)20-12-13-23-16-10-8-15(19)9-11-16/h3-11,17H,12-13H2,1-2H3,(H,20,22). The molecular formula is C18H21FN2O2. The summed E-state index contributed by atoms with van der Waals surface area (Å²) in [5.41, 5.74) is 0.939. The van der Waals surface area contributed by atoms with E-state index < -0.39 is 0 Å². The average molecular weight is 316 g/mol. The molecule has 0 radical (unpaired) electrons. The van der Waals surface area contributed by atoms with Crippen molar-refractivity contribution < 1.29 is 13.9 Å². The second-order valence-corrected chi connectivity index (χ2v) is 5.37. The molecular weight excluding hydrogens is 295 g/mol. The molecule has 0 fully saturated rings. The van der Waals surface area contributed by atoms with Crippen LogP contribution in [0.2, 0.25) is 0 Å². The van der Waals surface area contributed by atoms with Gasteiger partial charge >= 0.3 is 0 Å². The van der Waals surface area contributed by atoms with E-state index in [9.17, 15) is 9.18 Å². The fraction of sp³-hybridized carbons (Fsp3) is 0.278. The van der Waals surface area contributed by atoms with E-state index in [2.05, 4.69) is 5.32 Å². The van der Waals surface area contributed by atoms with E-state index in [0.29, 0.717) is 18.9 Å². The largest absolute Gasteiger partial charge is 0.492 e. The summed E-state index contributed by atoms with van der Waals surface area (Å²) < 4.78 is 18.3. The van der Waals surface area contributed by atoms with Crippen molar-refractivity contribution in [3.8, 4) is 5.75 Å². The molecule has 4 nitrogen and oxygen atoms in total. The molecule has 2 aromatic rings. The Kier molecular flexibility index (Phi) is 6.11. The molecule has 1 amide bonds. The minimum atomic E-state index is -0.345. The first-order valence-corrected chi connectivity index (χ1v) is 7.45. The summed E-state index contributed by atoms with van der Waals surface area (Å²) in [5, 5.41) is 2.86. The third-order valence-electron chi connectivity index (χ3n) is 3.36. The lowest BCUT2D eigenvalue weighted by Gasteiger charge is -2.23. The van der Waals surface area contributed by atoms with Crippen molar-refractivity contribution >= 4 is 5.91 Å². The van der Waals surface area contributed by atoms with Crippen LogP contribution in [0.5, 0.6) is 5.75 Å². The minimum absolute atomic E-state index is 0.0797. The first-order chi connectivity index (χ1) is 11.1. The summed E-state index contributed by atoms with van der Waals surface area (Å²) in [4.78, 5) is 14.2. The molecule has 0 aliphatic carbocycles. The van der Waals surface area contributed by atoms with Crippen LogP contribution in [0.25, 0.3) is 0 Å². The molecule has 1 unspecified atom stereocenters. The van der Waals surface area contributed by atoms with E-state index in [1.54, 1.807) is 12.1 Å². The fourth-order valence-corrected chi connectivity index (χ4v) is 2.29. The molecule has 0 spiro atoms. The lowest BCUT2D eigenvalue weighted by Crippen LogP contribution is -2.38. The zero-order valence-electron chi connectivity index (χ0n) is 13.3. The molecule has 0 aliphatic heterocycles. The predicted octanol–water partition coefficient (Wildman–Crippen LogP) is 2.62. The SMILES string of the molecule is CN(C)C(C(=O)NCCOc1ccc(F)cc1)c1ccccc1. The van der Waals surface area contributed by atoms with Crippen LogP contribution in [0.4, 0.5) is 4.39 Å². The number of benzene rings is 2. The van der Waals surface area contributed by atoms with E-state index in [-0.39, 0.29) is 17.8 Å². The summed E-state index contributed by atoms with van der Waals surface area (Å²) >= 11 is 0. The lowest BCUT2D eigenvalue weighted by atomic mass is 10.1. The van der Waals surface area contributed by atoms with E-state index in [1.807, 2.05) is 49.3 Å². The van der Waals surface area contributed by atoms with Crippen LogP contribution in [-0.2, 0) is 4.79 Å². The lowest BCUT2D eigenvalue weighted by molar-refractivity contribution is -0.125. The molecule has 1 atom stereocenters. The first-order valence-electron chi connectivity index (χ1n) is 7.45. The number of hydrogen-bond acceptors (Lipinski definition) is 3. The predicted molar refractivity (Wildman–Crippen MR) is 87.8 cm³/mol. The Morgan fingerprint density at radius 2 is 1.78 bits per heavy atom. The number of hydrogen-bond donors (Lipinski definition) is 1. The molecule has 0 bridgehead atoms. The second-order valence-electron chi connectivity index (χ2n) is 5.37. The zero-order chi connectivity index (χ0) is 16.7. The molecule has 5 heteroatoms. The smallest absolute Gasteiger partial charge is 0.242 e. The van der Waals surface area contributed by atoms with E-state index in [0.717, 1.165) is 5.56 Å². The summed E-state index contributed by atoms with van der Waals surface area (Å²) in [5.74, 6) is 0.194. The Morgan fingerprint density at radius 3 is 2.39 bits per heavy atom. The van der Waals surface area contributed by atoms with Crippen molar-refractivity contribution in [3.05, 3.63) is 66.0 Å². The summed E-state index contributed by atoms with van der Waals surface area (Å²) in [6.45, 7) is 0.708. The highest BCUT2D eigenvalue weighted by Gasteiger charge is 2.22. The maximum atomic E-state index is 12.8. The number of halogens is 1. The second kappa shape index (κ2) is 8.29. The van der Waals surface area contributed by atoms with Crippen molar-refractivity contribution in [2.75, 3.05) is 27.2 Å². The quantitative estimate of drug-likeness (QED) is 0.799. The van der Waals surface area contributed by atoms with Gasteiger partial charge < -0.3 is 10.1 Å². The molecule has 0 saturated carbocycles. The maximum Gasteiger partial charge on any atom is 0.242 e. The molecule has 0 aliphatic rings. The number of carbonyl (C=O) groups is 1. The van der Waals surface area contributed by atoms with Crippen molar-refractivity contribution in [1.82, 2.24) is 10.2 Å². The van der Waals surface area contributed by atoms with Gasteiger partial charge in [-0.3, -0.25) is 9.69 Å². The van der Waals surface area contributed by atoms with Crippen LogP contribution in [0, 0.1) is 5.82 Å². The Labute approximate surface area is 135 Å². The third kappa shape index (κ3) is 5.07. The Bertz CT molecular complexity index is 615. The number of rotatable bonds is 7. The van der Waals surface area contributed by atoms with Crippen LogP contribution in [-0.4, -0.2) is 38.1 Å². The molecule has 1 N–H and O–H groups in total. The highest BCUT2D eigenvalue weighted by Crippen LogP contribution is 2.17. The normalized spacial score (nSPS) is 12.0. The Morgan fingerprint density at radius 1 is 1.13 bits per heavy atom. The number of carbonyl (C=O) groups excluding carboxylic acids is 1. The number of likely N-dealkylation sites (N-methyl/N-ethyl adjacent to an activating group) is 1. The van der Waals surface area contributed by atoms with Crippen LogP contribution >= 0.6 is 0 Å². The van der Waals surface area contributed by atoms with Gasteiger partial charge in [-0.1, -0.05) is 30.3 Å². The average Bonchev–Trinajstić information content (AvgIpc) is 2.54. The molecule has 2 aromatic carbocycles. The van der Waals surface area contributed by atoms with Gasteiger partial charge in [0.25, 0.3) is 0 Å². The van der Waals surface area contributed by atoms with Gasteiger partial charge in [0, 0.05) is 0 Å². The summed E-state index contributed by atoms with van der Waals surface area (Å²) in [7, 11) is 3.73. The first kappa shape index (κ1) is 17.0. The van der Waals surface area contributed by atoms with Crippen molar-refractivity contribution in [1.29, 1.82) is 0 Å². The van der Waals surface area contributed by atoms with Crippen molar-refractivity contribution in [2.24, 2.45) is 0 Å². The molecule has 0 heterocycles. The van der Waals surface area contributed by atoms with Gasteiger partial charge in [0.05, 0.1) is 6.54 Å². The third-order valence-corrected chi connectivity index (χ3v) is 3.36. The zero-order valence-corrected chi connectivity index (χ0v) is 13.3. The van der Waals surface area contributed by atoms with Gasteiger partial charge in [-0.05, 0) is 43.9 Å². The molecule has 0 saturated heterocycles. The van der Waals surface area contributed by atoms with Gasteiger partial charge in [0.15, 0.2) is 0 Å². The maximum absolute atomic E-state index is 12.8. The summed E-state index contributed by atoms with van der Waals surface area (Å²) in [6.07, 6.45) is 0. The highest BCUT2D eigenvalue weighted by atomic mass is 19.1. The van der Waals surface area contributed by atoms with Crippen LogP contribution in [0.3, 0.4) is 0 Å². The van der Waals surface area contributed by atoms with Crippen molar-refractivity contribution in [2.45, 2.75) is 6.04 Å². The van der Waals surface area contributed by atoms with Gasteiger partial charge in [-0.15, -0.1) is 0 Å². The topological polar surface area (TPSA) is 41.6 Å². The van der Waals surface area contributed by atoms with Crippen molar-refractivity contribution in [3.63, 3.8) is 0 Å². The van der Waals surface area contributed by atoms with E-state index in [1.165, 1.54) is 12.1 Å². The molecule has 23 heavy (non-hydrogen) atoms. The van der Waals surface area contributed by atoms with Gasteiger partial charge in [0.2, 0.25) is 5.91 Å². The van der Waals surface area contributed by atoms with Crippen LogP contribution < -0.4 is 10.1 Å². The van der Waals surface area contributed by atoms with E-state index >= 15 is 0 Å². The minimum Gasteiger partial charge on any atom is -0.492 e. The van der Waals surface area contributed by atoms with Crippen LogP contribution in [0.15, 0.2) is 54.6 Å². The van der Waals surface area contributed by atoms with Gasteiger partial charge in [-0.2, -0.15) is 0 Å². The number of amides is 1. The number of nitrogens with one attached hydrogen (secondary N) is 1. The van der Waals surface area contributed by atoms with E-state index in [4.69, 9.17) is 4.74 Å². The number of ether oxygens (including phenoxy) is 1. The Balaban J connectivity index is 1.84.